The molecule has 0 amide bonds. The summed E-state index contributed by atoms with van der Waals surface area (Å²) in [5, 5.41) is 5.25. The molecular weight excluding hydrogens is 344 g/mol. The number of rotatable bonds is 6. The predicted molar refractivity (Wildman–Crippen MR) is 117 cm³/mol. The van der Waals surface area contributed by atoms with E-state index < -0.39 is 8.32 Å². The topological polar surface area (TPSA) is 9.23 Å². The van der Waals surface area contributed by atoms with Gasteiger partial charge in [0.2, 0.25) is 0 Å². The fourth-order valence-corrected chi connectivity index (χ4v) is 6.56. The molecule has 4 rings (SSSR count). The van der Waals surface area contributed by atoms with Crippen LogP contribution >= 0.6 is 0 Å². The fraction of sp³-hybridized carbons (Fsp3) is 0.120. The Labute approximate surface area is 162 Å². The Morgan fingerprint density at radius 3 is 1.85 bits per heavy atom. The third kappa shape index (κ3) is 3.73. The van der Waals surface area contributed by atoms with Gasteiger partial charge in [-0.1, -0.05) is 103 Å². The van der Waals surface area contributed by atoms with Crippen molar-refractivity contribution < 1.29 is 4.43 Å². The normalized spacial score (nSPS) is 11.6. The quantitative estimate of drug-likeness (QED) is 0.445. The molecule has 2 heteroatoms. The van der Waals surface area contributed by atoms with E-state index in [-0.39, 0.29) is 0 Å². The Hall–Kier alpha value is -2.68. The zero-order valence-corrected chi connectivity index (χ0v) is 16.6. The minimum absolute atomic E-state index is 0.723. The number of benzene rings is 4. The molecule has 0 saturated heterocycles. The maximum Gasteiger partial charge on any atom is 0.252 e. The fourth-order valence-electron chi connectivity index (χ4n) is 3.72. The van der Waals surface area contributed by atoms with Crippen LogP contribution in [0.1, 0.15) is 5.56 Å². The van der Waals surface area contributed by atoms with E-state index in [2.05, 4.69) is 110 Å². The highest BCUT2D eigenvalue weighted by Gasteiger charge is 2.33. The summed E-state index contributed by atoms with van der Waals surface area (Å²) in [6.45, 7) is 3.03. The molecule has 134 valence electrons. The van der Waals surface area contributed by atoms with Gasteiger partial charge in [-0.15, -0.1) is 0 Å². The third-order valence-electron chi connectivity index (χ3n) is 5.29. The van der Waals surface area contributed by atoms with Gasteiger partial charge in [-0.25, -0.2) is 0 Å². The molecule has 0 radical (unpaired) electrons. The van der Waals surface area contributed by atoms with Crippen LogP contribution in [0, 0.1) is 0 Å². The lowest BCUT2D eigenvalue weighted by Gasteiger charge is -2.28. The highest BCUT2D eigenvalue weighted by molar-refractivity contribution is 6.96. The van der Waals surface area contributed by atoms with Gasteiger partial charge in [-0.05, 0) is 39.7 Å². The lowest BCUT2D eigenvalue weighted by atomic mass is 10.0. The first-order valence-electron chi connectivity index (χ1n) is 9.49. The van der Waals surface area contributed by atoms with Crippen molar-refractivity contribution >= 4 is 29.5 Å². The monoisotopic (exact) mass is 368 g/mol. The molecule has 0 spiro atoms. The van der Waals surface area contributed by atoms with E-state index >= 15 is 0 Å². The Kier molecular flexibility index (Phi) is 5.19. The first-order valence-corrected chi connectivity index (χ1v) is 11.9. The minimum Gasteiger partial charge on any atom is -0.408 e. The van der Waals surface area contributed by atoms with Crippen molar-refractivity contribution in [3.63, 3.8) is 0 Å². The van der Waals surface area contributed by atoms with Crippen LogP contribution in [0.2, 0.25) is 6.55 Å². The Morgan fingerprint density at radius 2 is 1.19 bits per heavy atom. The maximum atomic E-state index is 6.69. The molecular formula is C25H24OSi. The number of hydrogen-bond acceptors (Lipinski definition) is 1. The average Bonchev–Trinajstić information content (AvgIpc) is 2.75. The van der Waals surface area contributed by atoms with Gasteiger partial charge in [0.05, 0.1) is 0 Å². The molecule has 1 nitrogen and oxygen atoms in total. The van der Waals surface area contributed by atoms with E-state index in [1.165, 1.54) is 26.7 Å². The molecule has 0 unspecified atom stereocenters. The summed E-state index contributed by atoms with van der Waals surface area (Å²) in [6, 6.07) is 36.5. The van der Waals surface area contributed by atoms with Crippen LogP contribution in [-0.2, 0) is 10.8 Å². The standard InChI is InChI=1S/C25H24OSi/c1-27(23-14-4-2-5-15-23,24-16-6-3-7-17-24)26-20-19-22-13-10-12-21-11-8-9-18-25(21)22/h2-18H,19-20H2,1H3. The van der Waals surface area contributed by atoms with Gasteiger partial charge in [-0.2, -0.15) is 0 Å². The first kappa shape index (κ1) is 17.7. The Balaban J connectivity index is 1.60. The second kappa shape index (κ2) is 7.91. The first-order chi connectivity index (χ1) is 13.3. The summed E-state index contributed by atoms with van der Waals surface area (Å²) in [6.07, 6.45) is 0.920. The van der Waals surface area contributed by atoms with Gasteiger partial charge in [0.1, 0.15) is 0 Å². The van der Waals surface area contributed by atoms with Crippen molar-refractivity contribution in [1.29, 1.82) is 0 Å². The molecule has 0 saturated carbocycles. The van der Waals surface area contributed by atoms with E-state index in [4.69, 9.17) is 4.43 Å². The van der Waals surface area contributed by atoms with E-state index in [0.29, 0.717) is 0 Å². The van der Waals surface area contributed by atoms with Gasteiger partial charge in [-0.3, -0.25) is 0 Å². The second-order valence-electron chi connectivity index (χ2n) is 7.00. The van der Waals surface area contributed by atoms with Crippen molar-refractivity contribution in [3.8, 4) is 0 Å². The van der Waals surface area contributed by atoms with Gasteiger partial charge >= 0.3 is 0 Å². The second-order valence-corrected chi connectivity index (χ2v) is 10.5. The molecule has 27 heavy (non-hydrogen) atoms. The zero-order valence-electron chi connectivity index (χ0n) is 15.6. The molecule has 0 heterocycles. The van der Waals surface area contributed by atoms with Crippen molar-refractivity contribution in [2.75, 3.05) is 6.61 Å². The molecule has 0 aromatic heterocycles. The van der Waals surface area contributed by atoms with Crippen molar-refractivity contribution in [2.45, 2.75) is 13.0 Å². The molecule has 0 aliphatic carbocycles. The summed E-state index contributed by atoms with van der Waals surface area (Å²) >= 11 is 0. The molecule has 0 bridgehead atoms. The van der Waals surface area contributed by atoms with Gasteiger partial charge in [0, 0.05) is 6.61 Å². The van der Waals surface area contributed by atoms with E-state index in [1.807, 2.05) is 0 Å². The summed E-state index contributed by atoms with van der Waals surface area (Å²) < 4.78 is 6.69. The van der Waals surface area contributed by atoms with Crippen molar-refractivity contribution in [1.82, 2.24) is 0 Å². The molecule has 4 aromatic carbocycles. The van der Waals surface area contributed by atoms with Gasteiger partial charge in [0.15, 0.2) is 0 Å². The SMILES string of the molecule is C[Si](OCCc1cccc2ccccc12)(c1ccccc1)c1ccccc1. The third-order valence-corrected chi connectivity index (χ3v) is 8.94. The molecule has 0 atom stereocenters. The smallest absolute Gasteiger partial charge is 0.252 e. The van der Waals surface area contributed by atoms with Crippen LogP contribution in [0.5, 0.6) is 0 Å². The van der Waals surface area contributed by atoms with Gasteiger partial charge < -0.3 is 4.43 Å². The highest BCUT2D eigenvalue weighted by atomic mass is 28.4. The summed E-state index contributed by atoms with van der Waals surface area (Å²) in [7, 11) is -2.22. The summed E-state index contributed by atoms with van der Waals surface area (Å²) in [5.41, 5.74) is 1.35. The Bertz CT molecular complexity index is 967. The minimum atomic E-state index is -2.22. The van der Waals surface area contributed by atoms with Crippen LogP contribution in [0.4, 0.5) is 0 Å². The Morgan fingerprint density at radius 1 is 0.630 bits per heavy atom. The number of hydrogen-bond donors (Lipinski definition) is 0. The number of fused-ring (bicyclic) bond motifs is 1. The van der Waals surface area contributed by atoms with Gasteiger partial charge in [0.25, 0.3) is 8.32 Å². The summed E-state index contributed by atoms with van der Waals surface area (Å²) in [5.74, 6) is 0. The molecule has 4 aromatic rings. The van der Waals surface area contributed by atoms with E-state index in [0.717, 1.165) is 13.0 Å². The molecule has 0 aliphatic rings. The maximum absolute atomic E-state index is 6.69. The van der Waals surface area contributed by atoms with Crippen molar-refractivity contribution in [2.24, 2.45) is 0 Å². The summed E-state index contributed by atoms with van der Waals surface area (Å²) in [4.78, 5) is 0. The van der Waals surface area contributed by atoms with Crippen LogP contribution in [0.25, 0.3) is 10.8 Å². The van der Waals surface area contributed by atoms with E-state index in [1.54, 1.807) is 0 Å². The molecule has 0 aliphatic heterocycles. The average molecular weight is 369 g/mol. The van der Waals surface area contributed by atoms with Crippen LogP contribution < -0.4 is 10.4 Å². The largest absolute Gasteiger partial charge is 0.408 e. The van der Waals surface area contributed by atoms with Crippen LogP contribution in [0.15, 0.2) is 103 Å². The van der Waals surface area contributed by atoms with Crippen molar-refractivity contribution in [3.05, 3.63) is 109 Å². The molecule has 0 N–H and O–H groups in total. The van der Waals surface area contributed by atoms with Crippen LogP contribution in [0.3, 0.4) is 0 Å². The van der Waals surface area contributed by atoms with Crippen LogP contribution in [-0.4, -0.2) is 14.9 Å². The lowest BCUT2D eigenvalue weighted by molar-refractivity contribution is 0.324. The lowest BCUT2D eigenvalue weighted by Crippen LogP contribution is -2.58. The predicted octanol–water partition coefficient (Wildman–Crippen LogP) is 4.79. The molecule has 0 fully saturated rings. The highest BCUT2D eigenvalue weighted by Crippen LogP contribution is 2.19. The zero-order chi connectivity index (χ0) is 18.5. The van der Waals surface area contributed by atoms with E-state index in [9.17, 15) is 0 Å².